The standard InChI is InChI=1S/C23H25F3N2O4.ClH/c1-14(29)32-21-17(15-7-9-16(31-3)10-8-15)13-18-19(23(24,25)26)5-4-6-20(18)28(22(21)30)12-11-27-2;/h4-10,17,21,27H,11-13H2,1-3H3;1H. The lowest BCUT2D eigenvalue weighted by molar-refractivity contribution is -0.154. The SMILES string of the molecule is CNCCN1C(=O)C(OC(C)=O)C(c2ccc(OC)cc2)Cc2c1cccc2C(F)(F)F.Cl. The maximum atomic E-state index is 13.9. The van der Waals surface area contributed by atoms with Gasteiger partial charge in [-0.15, -0.1) is 12.4 Å². The molecule has 2 aromatic rings. The zero-order valence-electron chi connectivity index (χ0n) is 18.4. The molecule has 0 aromatic heterocycles. The Balaban J connectivity index is 0.00000385. The van der Waals surface area contributed by atoms with Crippen molar-refractivity contribution in [3.05, 3.63) is 59.2 Å². The number of amides is 1. The summed E-state index contributed by atoms with van der Waals surface area (Å²) in [6.45, 7) is 1.65. The molecule has 180 valence electrons. The summed E-state index contributed by atoms with van der Waals surface area (Å²) in [5, 5.41) is 2.91. The number of hydrogen-bond donors (Lipinski definition) is 1. The van der Waals surface area contributed by atoms with Gasteiger partial charge in [0.2, 0.25) is 0 Å². The molecule has 0 saturated carbocycles. The third-order valence-corrected chi connectivity index (χ3v) is 5.47. The first-order valence-corrected chi connectivity index (χ1v) is 10.1. The summed E-state index contributed by atoms with van der Waals surface area (Å²) in [4.78, 5) is 26.7. The van der Waals surface area contributed by atoms with Crippen LogP contribution in [0.3, 0.4) is 0 Å². The topological polar surface area (TPSA) is 67.9 Å². The average molecular weight is 487 g/mol. The normalized spacial score (nSPS) is 18.1. The van der Waals surface area contributed by atoms with Crippen LogP contribution in [0.2, 0.25) is 0 Å². The number of methoxy groups -OCH3 is 1. The molecule has 33 heavy (non-hydrogen) atoms. The lowest BCUT2D eigenvalue weighted by Gasteiger charge is -2.28. The number of nitrogens with one attached hydrogen (secondary N) is 1. The molecule has 6 nitrogen and oxygen atoms in total. The van der Waals surface area contributed by atoms with E-state index >= 15 is 0 Å². The molecular formula is C23H26ClF3N2O4. The fourth-order valence-electron chi connectivity index (χ4n) is 3.99. The van der Waals surface area contributed by atoms with Gasteiger partial charge in [0.05, 0.1) is 12.7 Å². The first-order valence-electron chi connectivity index (χ1n) is 10.1. The highest BCUT2D eigenvalue weighted by molar-refractivity contribution is 6.00. The second-order valence-corrected chi connectivity index (χ2v) is 7.51. The van der Waals surface area contributed by atoms with Crippen LogP contribution < -0.4 is 15.0 Å². The van der Waals surface area contributed by atoms with Crippen LogP contribution in [0.5, 0.6) is 5.75 Å². The minimum atomic E-state index is -4.60. The van der Waals surface area contributed by atoms with E-state index in [1.165, 1.54) is 31.1 Å². The van der Waals surface area contributed by atoms with Crippen LogP contribution in [0.1, 0.15) is 29.5 Å². The molecule has 2 unspecified atom stereocenters. The number of fused-ring (bicyclic) bond motifs is 1. The van der Waals surface area contributed by atoms with Crippen molar-refractivity contribution in [3.8, 4) is 5.75 Å². The van der Waals surface area contributed by atoms with Gasteiger partial charge in [0.15, 0.2) is 6.10 Å². The van der Waals surface area contributed by atoms with Crippen LogP contribution in [-0.4, -0.2) is 45.2 Å². The van der Waals surface area contributed by atoms with Crippen LogP contribution in [0.15, 0.2) is 42.5 Å². The predicted molar refractivity (Wildman–Crippen MR) is 120 cm³/mol. The molecule has 1 N–H and O–H groups in total. The molecule has 0 bridgehead atoms. The Morgan fingerprint density at radius 3 is 2.39 bits per heavy atom. The molecule has 0 radical (unpaired) electrons. The molecule has 1 amide bonds. The molecule has 0 saturated heterocycles. The first-order chi connectivity index (χ1) is 15.2. The second kappa shape index (κ2) is 10.9. The number of ether oxygens (including phenoxy) is 2. The third-order valence-electron chi connectivity index (χ3n) is 5.47. The third kappa shape index (κ3) is 5.78. The van der Waals surface area contributed by atoms with Gasteiger partial charge in [0.25, 0.3) is 5.91 Å². The van der Waals surface area contributed by atoms with E-state index < -0.39 is 35.6 Å². The number of nitrogens with zero attached hydrogens (tertiary/aromatic N) is 1. The summed E-state index contributed by atoms with van der Waals surface area (Å²) in [7, 11) is 3.18. The van der Waals surface area contributed by atoms with E-state index in [-0.39, 0.29) is 36.6 Å². The van der Waals surface area contributed by atoms with E-state index in [0.717, 1.165) is 6.07 Å². The molecule has 1 heterocycles. The summed E-state index contributed by atoms with van der Waals surface area (Å²) in [5.74, 6) is -1.49. The lowest BCUT2D eigenvalue weighted by atomic mass is 9.86. The molecule has 3 rings (SSSR count). The van der Waals surface area contributed by atoms with Crippen molar-refractivity contribution in [1.82, 2.24) is 5.32 Å². The molecule has 2 aromatic carbocycles. The Morgan fingerprint density at radius 2 is 1.85 bits per heavy atom. The van der Waals surface area contributed by atoms with Crippen molar-refractivity contribution in [2.45, 2.75) is 31.5 Å². The number of esters is 1. The smallest absolute Gasteiger partial charge is 0.416 e. The van der Waals surface area contributed by atoms with Gasteiger partial charge in [-0.3, -0.25) is 9.59 Å². The van der Waals surface area contributed by atoms with Crippen LogP contribution >= 0.6 is 12.4 Å². The van der Waals surface area contributed by atoms with Gasteiger partial charge in [-0.05, 0) is 48.9 Å². The van der Waals surface area contributed by atoms with Crippen molar-refractivity contribution >= 4 is 30.0 Å². The number of anilines is 1. The molecule has 1 aliphatic heterocycles. The van der Waals surface area contributed by atoms with Crippen LogP contribution in [0, 0.1) is 0 Å². The zero-order valence-corrected chi connectivity index (χ0v) is 19.3. The summed E-state index contributed by atoms with van der Waals surface area (Å²) >= 11 is 0. The van der Waals surface area contributed by atoms with E-state index in [2.05, 4.69) is 5.32 Å². The van der Waals surface area contributed by atoms with Gasteiger partial charge >= 0.3 is 12.1 Å². The van der Waals surface area contributed by atoms with Crippen molar-refractivity contribution in [2.75, 3.05) is 32.1 Å². The van der Waals surface area contributed by atoms with Crippen molar-refractivity contribution < 1.29 is 32.2 Å². The first kappa shape index (κ1) is 26.5. The van der Waals surface area contributed by atoms with Gasteiger partial charge < -0.3 is 19.7 Å². The van der Waals surface area contributed by atoms with Gasteiger partial charge in [-0.1, -0.05) is 18.2 Å². The fourth-order valence-corrected chi connectivity index (χ4v) is 3.99. The van der Waals surface area contributed by atoms with Crippen LogP contribution in [-0.2, 0) is 26.9 Å². The quantitative estimate of drug-likeness (QED) is 0.626. The van der Waals surface area contributed by atoms with Gasteiger partial charge in [0.1, 0.15) is 5.75 Å². The summed E-state index contributed by atoms with van der Waals surface area (Å²) in [6, 6.07) is 10.5. The fraction of sp³-hybridized carbons (Fsp3) is 0.391. The van der Waals surface area contributed by atoms with E-state index in [1.807, 2.05) is 0 Å². The summed E-state index contributed by atoms with van der Waals surface area (Å²) in [6.07, 6.45) is -6.00. The Morgan fingerprint density at radius 1 is 1.18 bits per heavy atom. The summed E-state index contributed by atoms with van der Waals surface area (Å²) < 4.78 is 52.3. The molecular weight excluding hydrogens is 461 g/mol. The molecule has 0 spiro atoms. The summed E-state index contributed by atoms with van der Waals surface area (Å²) in [5.41, 5.74) is -0.0591. The highest BCUT2D eigenvalue weighted by Crippen LogP contribution is 2.42. The Labute approximate surface area is 196 Å². The van der Waals surface area contributed by atoms with Gasteiger partial charge in [-0.25, -0.2) is 0 Å². The highest BCUT2D eigenvalue weighted by atomic mass is 35.5. The molecule has 1 aliphatic rings. The van der Waals surface area contributed by atoms with Gasteiger partial charge in [0, 0.05) is 31.6 Å². The second-order valence-electron chi connectivity index (χ2n) is 7.51. The monoisotopic (exact) mass is 486 g/mol. The lowest BCUT2D eigenvalue weighted by Crippen LogP contribution is -2.45. The van der Waals surface area contributed by atoms with Gasteiger partial charge in [-0.2, -0.15) is 13.2 Å². The van der Waals surface area contributed by atoms with E-state index in [9.17, 15) is 22.8 Å². The maximum absolute atomic E-state index is 13.9. The molecule has 0 aliphatic carbocycles. The molecule has 10 heteroatoms. The molecule has 0 fully saturated rings. The van der Waals surface area contributed by atoms with E-state index in [1.54, 1.807) is 31.3 Å². The minimum absolute atomic E-state index is 0. The largest absolute Gasteiger partial charge is 0.497 e. The number of halogens is 4. The Bertz CT molecular complexity index is 983. The van der Waals surface area contributed by atoms with Crippen molar-refractivity contribution in [3.63, 3.8) is 0 Å². The van der Waals surface area contributed by atoms with Crippen LogP contribution in [0.4, 0.5) is 18.9 Å². The number of carbonyl (C=O) groups excluding carboxylic acids is 2. The van der Waals surface area contributed by atoms with E-state index in [4.69, 9.17) is 9.47 Å². The van der Waals surface area contributed by atoms with Crippen molar-refractivity contribution in [1.29, 1.82) is 0 Å². The zero-order chi connectivity index (χ0) is 23.5. The highest BCUT2D eigenvalue weighted by Gasteiger charge is 2.43. The number of alkyl halides is 3. The predicted octanol–water partition coefficient (Wildman–Crippen LogP) is 3.96. The number of carbonyl (C=O) groups is 2. The number of likely N-dealkylation sites (N-methyl/N-ethyl adjacent to an activating group) is 1. The Kier molecular flexibility index (Phi) is 8.74. The number of hydrogen-bond acceptors (Lipinski definition) is 5. The van der Waals surface area contributed by atoms with Crippen molar-refractivity contribution in [2.24, 2.45) is 0 Å². The average Bonchev–Trinajstić information content (AvgIpc) is 2.86. The number of benzene rings is 2. The Hall–Kier alpha value is -2.78. The molecule has 2 atom stereocenters. The number of rotatable bonds is 6. The maximum Gasteiger partial charge on any atom is 0.416 e. The van der Waals surface area contributed by atoms with E-state index in [0.29, 0.717) is 17.9 Å². The van der Waals surface area contributed by atoms with Crippen LogP contribution in [0.25, 0.3) is 0 Å². The minimum Gasteiger partial charge on any atom is -0.497 e.